The van der Waals surface area contributed by atoms with E-state index in [0.717, 1.165) is 6.42 Å². The van der Waals surface area contributed by atoms with E-state index < -0.39 is 79.2 Å². The highest BCUT2D eigenvalue weighted by Gasteiger charge is 2.32. The van der Waals surface area contributed by atoms with Crippen LogP contribution >= 0.6 is 0 Å². The van der Waals surface area contributed by atoms with Crippen molar-refractivity contribution in [2.24, 2.45) is 0 Å². The number of aliphatic hydroxyl groups is 1. The molecule has 14 nitrogen and oxygen atoms in total. The van der Waals surface area contributed by atoms with Crippen LogP contribution in [0.15, 0.2) is 0 Å². The van der Waals surface area contributed by atoms with Crippen LogP contribution in [0.2, 0.25) is 0 Å². The maximum absolute atomic E-state index is 12.3. The summed E-state index contributed by atoms with van der Waals surface area (Å²) in [6, 6.07) is -5.68. The molecule has 1 aliphatic heterocycles. The van der Waals surface area contributed by atoms with Crippen LogP contribution in [0.1, 0.15) is 25.7 Å². The molecule has 0 bridgehead atoms. The molecule has 0 radical (unpaired) electrons. The van der Waals surface area contributed by atoms with Gasteiger partial charge in [-0.2, -0.15) is 0 Å². The van der Waals surface area contributed by atoms with Crippen LogP contribution in [-0.2, 0) is 28.8 Å². The summed E-state index contributed by atoms with van der Waals surface area (Å²) in [6.07, 6.45) is -0.655. The lowest BCUT2D eigenvalue weighted by Gasteiger charge is -2.23. The zero-order valence-corrected chi connectivity index (χ0v) is 15.8. The summed E-state index contributed by atoms with van der Waals surface area (Å²) in [7, 11) is 0. The Labute approximate surface area is 170 Å². The maximum atomic E-state index is 12.3. The molecular weight excluding hydrogens is 408 g/mol. The summed E-state index contributed by atoms with van der Waals surface area (Å²) in [5.41, 5.74) is 0. The van der Waals surface area contributed by atoms with Crippen LogP contribution in [0.4, 0.5) is 0 Å². The summed E-state index contributed by atoms with van der Waals surface area (Å²) >= 11 is 0. The van der Waals surface area contributed by atoms with Crippen LogP contribution < -0.4 is 21.3 Å². The first kappa shape index (κ1) is 24.8. The first-order chi connectivity index (χ1) is 14.0. The minimum atomic E-state index is -1.86. The van der Waals surface area contributed by atoms with Crippen molar-refractivity contribution in [3.63, 3.8) is 0 Å². The van der Waals surface area contributed by atoms with Crippen molar-refractivity contribution < 1.29 is 49.2 Å². The van der Waals surface area contributed by atoms with Crippen LogP contribution in [0.3, 0.4) is 0 Å². The Kier molecular flexibility index (Phi) is 9.64. The quantitative estimate of drug-likeness (QED) is 0.149. The number of hydrogen-bond acceptors (Lipinski definition) is 8. The number of nitrogens with one attached hydrogen (secondary N) is 4. The van der Waals surface area contributed by atoms with Gasteiger partial charge < -0.3 is 41.7 Å². The number of hydrogen-bond donors (Lipinski definition) is 8. The number of carboxylic acid groups (broad SMARTS) is 3. The lowest BCUT2D eigenvalue weighted by atomic mass is 10.1. The molecule has 4 atom stereocenters. The van der Waals surface area contributed by atoms with Crippen LogP contribution in [0.25, 0.3) is 0 Å². The van der Waals surface area contributed by atoms with Crippen molar-refractivity contribution >= 4 is 35.6 Å². The third kappa shape index (κ3) is 8.00. The Morgan fingerprint density at radius 1 is 0.833 bits per heavy atom. The zero-order chi connectivity index (χ0) is 22.8. The van der Waals surface area contributed by atoms with E-state index in [0.29, 0.717) is 13.0 Å². The normalized spacial score (nSPS) is 18.5. The van der Waals surface area contributed by atoms with E-state index in [4.69, 9.17) is 15.3 Å². The van der Waals surface area contributed by atoms with E-state index in [2.05, 4.69) is 10.6 Å². The molecular formula is C16H24N4O10. The highest BCUT2D eigenvalue weighted by molar-refractivity contribution is 5.96. The minimum absolute atomic E-state index is 0.524. The molecule has 0 spiro atoms. The number of amides is 3. The number of aliphatic carboxylic acids is 3. The van der Waals surface area contributed by atoms with Gasteiger partial charge in [0, 0.05) is 0 Å². The second-order valence-corrected chi connectivity index (χ2v) is 6.55. The third-order valence-electron chi connectivity index (χ3n) is 4.20. The van der Waals surface area contributed by atoms with E-state index >= 15 is 0 Å². The van der Waals surface area contributed by atoms with Crippen molar-refractivity contribution in [2.75, 3.05) is 13.2 Å². The monoisotopic (exact) mass is 432 g/mol. The van der Waals surface area contributed by atoms with Gasteiger partial charge in [0.15, 0.2) is 0 Å². The molecule has 4 unspecified atom stereocenters. The number of carboxylic acids is 3. The van der Waals surface area contributed by atoms with Gasteiger partial charge >= 0.3 is 17.9 Å². The molecule has 3 amide bonds. The van der Waals surface area contributed by atoms with Gasteiger partial charge in [0.25, 0.3) is 0 Å². The molecule has 1 fully saturated rings. The Balaban J connectivity index is 2.82. The molecule has 30 heavy (non-hydrogen) atoms. The van der Waals surface area contributed by atoms with Crippen molar-refractivity contribution in [1.82, 2.24) is 21.3 Å². The van der Waals surface area contributed by atoms with Gasteiger partial charge in [-0.3, -0.25) is 24.0 Å². The minimum Gasteiger partial charge on any atom is -0.481 e. The van der Waals surface area contributed by atoms with Crippen molar-refractivity contribution in [3.8, 4) is 0 Å². The molecule has 0 saturated carbocycles. The Hall–Kier alpha value is -3.26. The Morgan fingerprint density at radius 3 is 1.83 bits per heavy atom. The van der Waals surface area contributed by atoms with Gasteiger partial charge in [0.2, 0.25) is 17.7 Å². The first-order valence-electron chi connectivity index (χ1n) is 8.96. The standard InChI is InChI=1S/C16H24N4O10/c21-6-10(20-13(26)7-2-1-3-17-7)15(28)18-8(4-11(22)23)14(27)19-9(16(29)30)5-12(24)25/h7-10,17,21H,1-6H2,(H,18,28)(H,19,27)(H,20,26)(H,22,23)(H,24,25)(H,29,30). The largest absolute Gasteiger partial charge is 0.481 e. The van der Waals surface area contributed by atoms with Gasteiger partial charge in [-0.1, -0.05) is 0 Å². The summed E-state index contributed by atoms with van der Waals surface area (Å²) in [5, 5.41) is 45.0. The second kappa shape index (κ2) is 11.7. The zero-order valence-electron chi connectivity index (χ0n) is 15.8. The SMILES string of the molecule is O=C(O)CC(NC(=O)C(CC(=O)O)NC(=O)C(CO)NC(=O)C1CCCN1)C(=O)O. The second-order valence-electron chi connectivity index (χ2n) is 6.55. The molecule has 1 aliphatic rings. The van der Waals surface area contributed by atoms with Gasteiger partial charge in [-0.15, -0.1) is 0 Å². The van der Waals surface area contributed by atoms with Crippen molar-refractivity contribution in [3.05, 3.63) is 0 Å². The van der Waals surface area contributed by atoms with Crippen LogP contribution in [-0.4, -0.2) is 93.4 Å². The summed E-state index contributed by atoms with van der Waals surface area (Å²) in [5.74, 6) is -7.59. The van der Waals surface area contributed by atoms with E-state index in [9.17, 15) is 33.9 Å². The number of carbonyl (C=O) groups excluding carboxylic acids is 3. The summed E-state index contributed by atoms with van der Waals surface area (Å²) in [6.45, 7) is -0.238. The molecule has 14 heteroatoms. The fourth-order valence-corrected chi connectivity index (χ4v) is 2.68. The summed E-state index contributed by atoms with van der Waals surface area (Å²) < 4.78 is 0. The van der Waals surface area contributed by atoms with Gasteiger partial charge in [-0.05, 0) is 19.4 Å². The molecule has 1 heterocycles. The molecule has 0 aliphatic carbocycles. The van der Waals surface area contributed by atoms with Crippen LogP contribution in [0.5, 0.6) is 0 Å². The maximum Gasteiger partial charge on any atom is 0.326 e. The Morgan fingerprint density at radius 2 is 1.37 bits per heavy atom. The lowest BCUT2D eigenvalue weighted by Crippen LogP contribution is -2.58. The molecule has 168 valence electrons. The molecule has 8 N–H and O–H groups in total. The van der Waals surface area contributed by atoms with Gasteiger partial charge in [0.1, 0.15) is 18.1 Å². The fraction of sp³-hybridized carbons (Fsp3) is 0.625. The molecule has 1 rings (SSSR count). The van der Waals surface area contributed by atoms with E-state index in [1.54, 1.807) is 0 Å². The van der Waals surface area contributed by atoms with Gasteiger partial charge in [0.05, 0.1) is 25.5 Å². The molecule has 1 saturated heterocycles. The number of rotatable bonds is 12. The first-order valence-corrected chi connectivity index (χ1v) is 8.96. The third-order valence-corrected chi connectivity index (χ3v) is 4.20. The Bertz CT molecular complexity index is 692. The average Bonchev–Trinajstić information content (AvgIpc) is 3.18. The number of aliphatic hydroxyl groups excluding tert-OH is 1. The fourth-order valence-electron chi connectivity index (χ4n) is 2.68. The summed E-state index contributed by atoms with van der Waals surface area (Å²) in [4.78, 5) is 69.5. The van der Waals surface area contributed by atoms with E-state index in [1.165, 1.54) is 0 Å². The molecule has 0 aromatic carbocycles. The van der Waals surface area contributed by atoms with Crippen molar-refractivity contribution in [2.45, 2.75) is 49.9 Å². The highest BCUT2D eigenvalue weighted by atomic mass is 16.4. The predicted molar refractivity (Wildman–Crippen MR) is 96.0 cm³/mol. The van der Waals surface area contributed by atoms with E-state index in [-0.39, 0.29) is 0 Å². The predicted octanol–water partition coefficient (Wildman–Crippen LogP) is -3.78. The van der Waals surface area contributed by atoms with Gasteiger partial charge in [-0.25, -0.2) is 4.79 Å². The smallest absolute Gasteiger partial charge is 0.326 e. The van der Waals surface area contributed by atoms with E-state index in [1.807, 2.05) is 10.6 Å². The van der Waals surface area contributed by atoms with Crippen molar-refractivity contribution in [1.29, 1.82) is 0 Å². The number of carbonyl (C=O) groups is 6. The van der Waals surface area contributed by atoms with Crippen LogP contribution in [0, 0.1) is 0 Å². The lowest BCUT2D eigenvalue weighted by molar-refractivity contribution is -0.148. The molecule has 0 aromatic heterocycles. The average molecular weight is 432 g/mol. The highest BCUT2D eigenvalue weighted by Crippen LogP contribution is 2.05. The molecule has 0 aromatic rings. The topological polar surface area (TPSA) is 231 Å².